The van der Waals surface area contributed by atoms with Crippen molar-refractivity contribution in [3.63, 3.8) is 0 Å². The highest BCUT2D eigenvalue weighted by atomic mass is 19.3. The molecule has 0 aliphatic carbocycles. The van der Waals surface area contributed by atoms with Crippen LogP contribution in [0, 0.1) is 6.92 Å². The third kappa shape index (κ3) is 3.92. The standard InChI is InChI=1S/C15H14F2N2O2/c1-9-2-5-11(8-13(9)18)19-14(20)10-3-6-12(7-4-10)21-15(16)17/h2-8,15H,18H2,1H3,(H,19,20). The zero-order chi connectivity index (χ0) is 15.4. The third-order valence-electron chi connectivity index (χ3n) is 2.88. The average Bonchev–Trinajstić information content (AvgIpc) is 2.43. The van der Waals surface area contributed by atoms with Crippen LogP contribution in [0.1, 0.15) is 15.9 Å². The van der Waals surface area contributed by atoms with Crippen LogP contribution in [0.4, 0.5) is 20.2 Å². The molecule has 0 bridgehead atoms. The van der Waals surface area contributed by atoms with Gasteiger partial charge >= 0.3 is 6.61 Å². The summed E-state index contributed by atoms with van der Waals surface area (Å²) in [6, 6.07) is 10.6. The molecule has 110 valence electrons. The summed E-state index contributed by atoms with van der Waals surface area (Å²) in [5.74, 6) is -0.358. The first kappa shape index (κ1) is 14.8. The highest BCUT2D eigenvalue weighted by Gasteiger charge is 2.09. The quantitative estimate of drug-likeness (QED) is 0.848. The van der Waals surface area contributed by atoms with E-state index in [0.717, 1.165) is 5.56 Å². The van der Waals surface area contributed by atoms with Crippen molar-refractivity contribution in [3.05, 3.63) is 53.6 Å². The van der Waals surface area contributed by atoms with E-state index in [4.69, 9.17) is 5.73 Å². The Morgan fingerprint density at radius 1 is 1.19 bits per heavy atom. The van der Waals surface area contributed by atoms with E-state index in [1.165, 1.54) is 24.3 Å². The zero-order valence-electron chi connectivity index (χ0n) is 11.3. The fourth-order valence-electron chi connectivity index (χ4n) is 1.71. The predicted octanol–water partition coefficient (Wildman–Crippen LogP) is 3.43. The summed E-state index contributed by atoms with van der Waals surface area (Å²) in [4.78, 5) is 12.0. The Morgan fingerprint density at radius 3 is 2.43 bits per heavy atom. The number of carbonyl (C=O) groups excluding carboxylic acids is 1. The van der Waals surface area contributed by atoms with Gasteiger partial charge in [0.15, 0.2) is 0 Å². The van der Waals surface area contributed by atoms with Gasteiger partial charge in [0.2, 0.25) is 0 Å². The van der Waals surface area contributed by atoms with Gasteiger partial charge in [-0.3, -0.25) is 4.79 Å². The number of nitrogen functional groups attached to an aromatic ring is 1. The molecular weight excluding hydrogens is 278 g/mol. The summed E-state index contributed by atoms with van der Waals surface area (Å²) in [6.07, 6.45) is 0. The van der Waals surface area contributed by atoms with Gasteiger partial charge in [0.1, 0.15) is 5.75 Å². The molecule has 0 atom stereocenters. The number of alkyl halides is 2. The maximum absolute atomic E-state index is 12.0. The normalized spacial score (nSPS) is 10.5. The van der Waals surface area contributed by atoms with E-state index in [9.17, 15) is 13.6 Å². The molecule has 0 saturated carbocycles. The summed E-state index contributed by atoms with van der Waals surface area (Å²) in [5, 5.41) is 2.68. The van der Waals surface area contributed by atoms with Gasteiger partial charge in [-0.2, -0.15) is 8.78 Å². The van der Waals surface area contributed by atoms with Gasteiger partial charge < -0.3 is 15.8 Å². The Hall–Kier alpha value is -2.63. The topological polar surface area (TPSA) is 64.3 Å². The number of carbonyl (C=O) groups is 1. The summed E-state index contributed by atoms with van der Waals surface area (Å²) in [5.41, 5.74) is 8.15. The molecule has 2 aromatic carbocycles. The summed E-state index contributed by atoms with van der Waals surface area (Å²) < 4.78 is 28.3. The number of hydrogen-bond donors (Lipinski definition) is 2. The Labute approximate surface area is 120 Å². The van der Waals surface area contributed by atoms with E-state index in [1.54, 1.807) is 18.2 Å². The molecule has 2 aromatic rings. The molecule has 0 saturated heterocycles. The fraction of sp³-hybridized carbons (Fsp3) is 0.133. The Morgan fingerprint density at radius 2 is 1.86 bits per heavy atom. The van der Waals surface area contributed by atoms with Crippen molar-refractivity contribution in [1.82, 2.24) is 0 Å². The van der Waals surface area contributed by atoms with E-state index in [1.807, 2.05) is 6.92 Å². The average molecular weight is 292 g/mol. The number of amides is 1. The summed E-state index contributed by atoms with van der Waals surface area (Å²) in [7, 11) is 0. The van der Waals surface area contributed by atoms with Crippen molar-refractivity contribution in [3.8, 4) is 5.75 Å². The number of ether oxygens (including phenoxy) is 1. The van der Waals surface area contributed by atoms with Crippen LogP contribution in [0.15, 0.2) is 42.5 Å². The molecule has 0 unspecified atom stereocenters. The van der Waals surface area contributed by atoms with Gasteiger partial charge in [0.05, 0.1) is 0 Å². The van der Waals surface area contributed by atoms with Crippen LogP contribution in [0.2, 0.25) is 0 Å². The smallest absolute Gasteiger partial charge is 0.387 e. The Bertz CT molecular complexity index is 643. The number of benzene rings is 2. The zero-order valence-corrected chi connectivity index (χ0v) is 11.3. The molecule has 0 aliphatic heterocycles. The second-order valence-corrected chi connectivity index (χ2v) is 4.43. The van der Waals surface area contributed by atoms with Crippen molar-refractivity contribution in [2.24, 2.45) is 0 Å². The van der Waals surface area contributed by atoms with Gasteiger partial charge in [-0.1, -0.05) is 6.07 Å². The van der Waals surface area contributed by atoms with Crippen LogP contribution in [0.3, 0.4) is 0 Å². The van der Waals surface area contributed by atoms with E-state index in [-0.39, 0.29) is 11.7 Å². The summed E-state index contributed by atoms with van der Waals surface area (Å²) >= 11 is 0. The van der Waals surface area contributed by atoms with Crippen molar-refractivity contribution in [2.75, 3.05) is 11.1 Å². The van der Waals surface area contributed by atoms with Gasteiger partial charge in [0, 0.05) is 16.9 Å². The van der Waals surface area contributed by atoms with E-state index in [0.29, 0.717) is 16.9 Å². The lowest BCUT2D eigenvalue weighted by Gasteiger charge is -2.08. The number of nitrogens with one attached hydrogen (secondary N) is 1. The number of anilines is 2. The molecule has 21 heavy (non-hydrogen) atoms. The molecule has 0 aromatic heterocycles. The SMILES string of the molecule is Cc1ccc(NC(=O)c2ccc(OC(F)F)cc2)cc1N. The second-order valence-electron chi connectivity index (χ2n) is 4.43. The first-order valence-corrected chi connectivity index (χ1v) is 6.18. The van der Waals surface area contributed by atoms with Crippen LogP contribution in [0.25, 0.3) is 0 Å². The number of hydrogen-bond acceptors (Lipinski definition) is 3. The van der Waals surface area contributed by atoms with E-state index >= 15 is 0 Å². The van der Waals surface area contributed by atoms with Crippen LogP contribution < -0.4 is 15.8 Å². The number of aryl methyl sites for hydroxylation is 1. The predicted molar refractivity (Wildman–Crippen MR) is 76.6 cm³/mol. The highest BCUT2D eigenvalue weighted by molar-refractivity contribution is 6.04. The van der Waals surface area contributed by atoms with Crippen LogP contribution in [-0.4, -0.2) is 12.5 Å². The Balaban J connectivity index is 2.07. The minimum Gasteiger partial charge on any atom is -0.435 e. The molecule has 0 radical (unpaired) electrons. The number of rotatable bonds is 4. The first-order chi connectivity index (χ1) is 9.95. The van der Waals surface area contributed by atoms with Crippen LogP contribution >= 0.6 is 0 Å². The first-order valence-electron chi connectivity index (χ1n) is 6.18. The molecule has 6 heteroatoms. The Kier molecular flexibility index (Phi) is 4.37. The van der Waals surface area contributed by atoms with E-state index in [2.05, 4.69) is 10.1 Å². The van der Waals surface area contributed by atoms with Crippen LogP contribution in [-0.2, 0) is 0 Å². The van der Waals surface area contributed by atoms with Crippen LogP contribution in [0.5, 0.6) is 5.75 Å². The molecule has 2 rings (SSSR count). The van der Waals surface area contributed by atoms with Gasteiger partial charge in [-0.05, 0) is 48.9 Å². The highest BCUT2D eigenvalue weighted by Crippen LogP contribution is 2.19. The third-order valence-corrected chi connectivity index (χ3v) is 2.88. The molecule has 0 spiro atoms. The van der Waals surface area contributed by atoms with Gasteiger partial charge in [-0.25, -0.2) is 0 Å². The van der Waals surface area contributed by atoms with Crippen molar-refractivity contribution in [2.45, 2.75) is 13.5 Å². The molecule has 0 fully saturated rings. The second kappa shape index (κ2) is 6.21. The minimum atomic E-state index is -2.89. The molecular formula is C15H14F2N2O2. The largest absolute Gasteiger partial charge is 0.435 e. The molecule has 3 N–H and O–H groups in total. The lowest BCUT2D eigenvalue weighted by atomic mass is 10.1. The molecule has 1 amide bonds. The van der Waals surface area contributed by atoms with Gasteiger partial charge in [-0.15, -0.1) is 0 Å². The molecule has 4 nitrogen and oxygen atoms in total. The fourth-order valence-corrected chi connectivity index (χ4v) is 1.71. The maximum atomic E-state index is 12.0. The molecule has 0 heterocycles. The van der Waals surface area contributed by atoms with Crippen molar-refractivity contribution < 1.29 is 18.3 Å². The maximum Gasteiger partial charge on any atom is 0.387 e. The minimum absolute atomic E-state index is 0.00105. The molecule has 0 aliphatic rings. The van der Waals surface area contributed by atoms with E-state index < -0.39 is 6.61 Å². The van der Waals surface area contributed by atoms with Crippen molar-refractivity contribution >= 4 is 17.3 Å². The monoisotopic (exact) mass is 292 g/mol. The lowest BCUT2D eigenvalue weighted by molar-refractivity contribution is -0.0498. The number of nitrogens with two attached hydrogens (primary N) is 1. The lowest BCUT2D eigenvalue weighted by Crippen LogP contribution is -2.12. The summed E-state index contributed by atoms with van der Waals surface area (Å²) in [6.45, 7) is -1.02. The van der Waals surface area contributed by atoms with Gasteiger partial charge in [0.25, 0.3) is 5.91 Å². The number of halogens is 2. The van der Waals surface area contributed by atoms with Crippen molar-refractivity contribution in [1.29, 1.82) is 0 Å².